The van der Waals surface area contributed by atoms with Crippen molar-refractivity contribution in [3.63, 3.8) is 0 Å². The molecule has 1 N–H and O–H groups in total. The van der Waals surface area contributed by atoms with Gasteiger partial charge in [-0.15, -0.1) is 0 Å². The molecule has 0 aliphatic carbocycles. The van der Waals surface area contributed by atoms with Crippen LogP contribution in [0.5, 0.6) is 11.5 Å². The molecular formula is C19H27N3O2S. The van der Waals surface area contributed by atoms with E-state index < -0.39 is 0 Å². The second-order valence-electron chi connectivity index (χ2n) is 6.00. The fourth-order valence-corrected chi connectivity index (χ4v) is 3.11. The summed E-state index contributed by atoms with van der Waals surface area (Å²) in [7, 11) is 3.33. The summed E-state index contributed by atoms with van der Waals surface area (Å²) in [5, 5.41) is 4.12. The van der Waals surface area contributed by atoms with Gasteiger partial charge >= 0.3 is 0 Å². The molecular weight excluding hydrogens is 334 g/mol. The molecule has 0 unspecified atom stereocenters. The van der Waals surface area contributed by atoms with Crippen LogP contribution in [0.4, 0.5) is 5.82 Å². The van der Waals surface area contributed by atoms with Crippen LogP contribution in [-0.4, -0.2) is 37.0 Å². The number of anilines is 1. The molecule has 2 rings (SSSR count). The molecule has 1 heterocycles. The van der Waals surface area contributed by atoms with E-state index in [1.807, 2.05) is 12.5 Å². The van der Waals surface area contributed by atoms with Gasteiger partial charge in [-0.25, -0.2) is 9.97 Å². The van der Waals surface area contributed by atoms with Crippen molar-refractivity contribution in [2.75, 3.05) is 32.3 Å². The smallest absolute Gasteiger partial charge is 0.189 e. The molecule has 5 nitrogen and oxygen atoms in total. The minimum atomic E-state index is 0.378. The van der Waals surface area contributed by atoms with E-state index in [0.717, 1.165) is 41.0 Å². The summed E-state index contributed by atoms with van der Waals surface area (Å²) >= 11 is 1.54. The predicted molar refractivity (Wildman–Crippen MR) is 104 cm³/mol. The van der Waals surface area contributed by atoms with Crippen molar-refractivity contribution >= 4 is 17.6 Å². The highest BCUT2D eigenvalue weighted by Gasteiger charge is 2.16. The van der Waals surface area contributed by atoms with E-state index in [-0.39, 0.29) is 0 Å². The Labute approximate surface area is 154 Å². The maximum absolute atomic E-state index is 5.49. The molecule has 0 aliphatic rings. The first-order valence-corrected chi connectivity index (χ1v) is 9.65. The molecule has 0 atom stereocenters. The molecule has 0 saturated heterocycles. The largest absolute Gasteiger partial charge is 0.493 e. The number of ether oxygens (including phenoxy) is 2. The normalized spacial score (nSPS) is 10.8. The molecule has 0 fully saturated rings. The van der Waals surface area contributed by atoms with Crippen LogP contribution in [0.1, 0.15) is 43.4 Å². The first-order chi connectivity index (χ1) is 12.0. The van der Waals surface area contributed by atoms with Gasteiger partial charge in [0, 0.05) is 24.7 Å². The van der Waals surface area contributed by atoms with Gasteiger partial charge in [0.25, 0.3) is 0 Å². The van der Waals surface area contributed by atoms with E-state index in [1.54, 1.807) is 26.0 Å². The summed E-state index contributed by atoms with van der Waals surface area (Å²) in [4.78, 5) is 9.06. The highest BCUT2D eigenvalue weighted by atomic mass is 32.2. The van der Waals surface area contributed by atoms with Crippen LogP contribution in [-0.2, 0) is 6.42 Å². The Kier molecular flexibility index (Phi) is 6.93. The fourth-order valence-electron chi connectivity index (χ4n) is 2.77. The minimum Gasteiger partial charge on any atom is -0.493 e. The first-order valence-electron chi connectivity index (χ1n) is 8.42. The van der Waals surface area contributed by atoms with Gasteiger partial charge in [-0.3, -0.25) is 0 Å². The fraction of sp³-hybridized carbons (Fsp3) is 0.474. The Balaban J connectivity index is 2.48. The molecule has 136 valence electrons. The highest BCUT2D eigenvalue weighted by molar-refractivity contribution is 7.98. The van der Waals surface area contributed by atoms with Gasteiger partial charge in [0.1, 0.15) is 5.82 Å². The molecule has 0 spiro atoms. The van der Waals surface area contributed by atoms with Crippen LogP contribution in [0.3, 0.4) is 0 Å². The van der Waals surface area contributed by atoms with Crippen LogP contribution in [0, 0.1) is 0 Å². The molecule has 1 aromatic carbocycles. The maximum Gasteiger partial charge on any atom is 0.189 e. The molecule has 0 radical (unpaired) electrons. The summed E-state index contributed by atoms with van der Waals surface area (Å²) in [5.41, 5.74) is 3.52. The Morgan fingerprint density at radius 1 is 1.12 bits per heavy atom. The lowest BCUT2D eigenvalue weighted by molar-refractivity contribution is 0.354. The van der Waals surface area contributed by atoms with Gasteiger partial charge in [-0.2, -0.15) is 0 Å². The van der Waals surface area contributed by atoms with Gasteiger partial charge in [-0.05, 0) is 42.4 Å². The van der Waals surface area contributed by atoms with Crippen molar-refractivity contribution in [1.29, 1.82) is 0 Å². The van der Waals surface area contributed by atoms with Gasteiger partial charge < -0.3 is 14.8 Å². The number of benzene rings is 1. The van der Waals surface area contributed by atoms with Crippen molar-refractivity contribution in [1.82, 2.24) is 9.97 Å². The lowest BCUT2D eigenvalue weighted by atomic mass is 9.92. The van der Waals surface area contributed by atoms with Crippen LogP contribution < -0.4 is 14.8 Å². The number of nitrogens with zero attached hydrogens (tertiary/aromatic N) is 2. The lowest BCUT2D eigenvalue weighted by Crippen LogP contribution is -2.08. The standard InChI is InChI=1S/C19H27N3O2S/c1-7-20-18-14(11-21-19(22-18)25-6)8-13-9-16(23-4)17(24-5)10-15(13)12(2)3/h9-12H,7-8H2,1-6H3,(H,20,21,22). The number of hydrogen-bond donors (Lipinski definition) is 1. The van der Waals surface area contributed by atoms with Crippen LogP contribution in [0.15, 0.2) is 23.5 Å². The lowest BCUT2D eigenvalue weighted by Gasteiger charge is -2.18. The third kappa shape index (κ3) is 4.57. The van der Waals surface area contributed by atoms with Gasteiger partial charge in [-0.1, -0.05) is 25.6 Å². The highest BCUT2D eigenvalue weighted by Crippen LogP contribution is 2.35. The Morgan fingerprint density at radius 2 is 1.80 bits per heavy atom. The average molecular weight is 362 g/mol. The van der Waals surface area contributed by atoms with E-state index in [9.17, 15) is 0 Å². The zero-order chi connectivity index (χ0) is 18.4. The number of rotatable bonds is 8. The third-order valence-electron chi connectivity index (χ3n) is 4.02. The number of methoxy groups -OCH3 is 2. The second kappa shape index (κ2) is 8.94. The number of nitrogens with one attached hydrogen (secondary N) is 1. The van der Waals surface area contributed by atoms with Gasteiger partial charge in [0.15, 0.2) is 16.7 Å². The average Bonchev–Trinajstić information content (AvgIpc) is 2.62. The number of hydrogen-bond acceptors (Lipinski definition) is 6. The minimum absolute atomic E-state index is 0.378. The summed E-state index contributed by atoms with van der Waals surface area (Å²) < 4.78 is 10.9. The molecule has 6 heteroatoms. The van der Waals surface area contributed by atoms with Gasteiger partial charge in [0.2, 0.25) is 0 Å². The molecule has 0 amide bonds. The molecule has 25 heavy (non-hydrogen) atoms. The Morgan fingerprint density at radius 3 is 2.36 bits per heavy atom. The molecule has 0 aliphatic heterocycles. The predicted octanol–water partition coefficient (Wildman–Crippen LogP) is 4.36. The van der Waals surface area contributed by atoms with Crippen molar-refractivity contribution in [3.05, 3.63) is 35.0 Å². The van der Waals surface area contributed by atoms with Crippen LogP contribution >= 0.6 is 11.8 Å². The monoisotopic (exact) mass is 361 g/mol. The van der Waals surface area contributed by atoms with Crippen molar-refractivity contribution < 1.29 is 9.47 Å². The van der Waals surface area contributed by atoms with E-state index in [4.69, 9.17) is 9.47 Å². The van der Waals surface area contributed by atoms with Crippen LogP contribution in [0.2, 0.25) is 0 Å². The Hall–Kier alpha value is -1.95. The summed E-state index contributed by atoms with van der Waals surface area (Å²) in [6.07, 6.45) is 4.64. The van der Waals surface area contributed by atoms with Crippen LogP contribution in [0.25, 0.3) is 0 Å². The Bertz CT molecular complexity index is 720. The second-order valence-corrected chi connectivity index (χ2v) is 6.77. The zero-order valence-electron chi connectivity index (χ0n) is 15.8. The zero-order valence-corrected chi connectivity index (χ0v) is 16.7. The number of aromatic nitrogens is 2. The third-order valence-corrected chi connectivity index (χ3v) is 4.58. The van der Waals surface area contributed by atoms with Gasteiger partial charge in [0.05, 0.1) is 14.2 Å². The van der Waals surface area contributed by atoms with Crippen molar-refractivity contribution in [2.24, 2.45) is 0 Å². The van der Waals surface area contributed by atoms with E-state index in [1.165, 1.54) is 11.1 Å². The molecule has 2 aromatic rings. The summed E-state index contributed by atoms with van der Waals surface area (Å²) in [6.45, 7) is 7.26. The van der Waals surface area contributed by atoms with E-state index >= 15 is 0 Å². The van der Waals surface area contributed by atoms with Crippen molar-refractivity contribution in [2.45, 2.75) is 38.3 Å². The maximum atomic E-state index is 5.49. The SMILES string of the molecule is CCNc1nc(SC)ncc1Cc1cc(OC)c(OC)cc1C(C)C. The number of thioether (sulfide) groups is 1. The first kappa shape index (κ1) is 19.4. The van der Waals surface area contributed by atoms with E-state index in [2.05, 4.69) is 48.2 Å². The molecule has 1 aromatic heterocycles. The van der Waals surface area contributed by atoms with E-state index in [0.29, 0.717) is 5.92 Å². The summed E-state index contributed by atoms with van der Waals surface area (Å²) in [6, 6.07) is 4.13. The molecule has 0 bridgehead atoms. The summed E-state index contributed by atoms with van der Waals surface area (Å²) in [5.74, 6) is 2.78. The topological polar surface area (TPSA) is 56.3 Å². The quantitative estimate of drug-likeness (QED) is 0.557. The van der Waals surface area contributed by atoms with Crippen molar-refractivity contribution in [3.8, 4) is 11.5 Å². The molecule has 0 saturated carbocycles.